The highest BCUT2D eigenvalue weighted by Crippen LogP contribution is 2.35. The summed E-state index contributed by atoms with van der Waals surface area (Å²) in [5.74, 6) is 0.674. The Morgan fingerprint density at radius 2 is 1.91 bits per heavy atom. The maximum atomic E-state index is 10.2. The van der Waals surface area contributed by atoms with E-state index in [2.05, 4.69) is 0 Å². The van der Waals surface area contributed by atoms with Crippen molar-refractivity contribution in [2.45, 2.75) is 38.2 Å². The highest BCUT2D eigenvalue weighted by molar-refractivity contribution is 5.47. The van der Waals surface area contributed by atoms with Crippen LogP contribution in [0, 0.1) is 0 Å². The van der Waals surface area contributed by atoms with Gasteiger partial charge in [-0.1, -0.05) is 36.4 Å². The monoisotopic (exact) mass is 299 g/mol. The molecule has 4 N–H and O–H groups in total. The molecule has 0 aliphatic heterocycles. The Balaban J connectivity index is 1.86. The van der Waals surface area contributed by atoms with Crippen LogP contribution < -0.4 is 10.5 Å². The molecule has 0 bridgehead atoms. The fraction of sp³-hybridized carbons (Fsp3) is 0.333. The molecule has 0 heterocycles. The molecule has 0 unspecified atom stereocenters. The lowest BCUT2D eigenvalue weighted by atomic mass is 9.83. The summed E-state index contributed by atoms with van der Waals surface area (Å²) in [6.45, 7) is 0.351. The van der Waals surface area contributed by atoms with Crippen molar-refractivity contribution in [1.82, 2.24) is 0 Å². The SMILES string of the molecule is N[C@@H]1CCc2c(ccc(OCc3ccccc3)c2CO)[C@H]1O. The van der Waals surface area contributed by atoms with Crippen LogP contribution in [0.4, 0.5) is 0 Å². The van der Waals surface area contributed by atoms with Gasteiger partial charge in [-0.25, -0.2) is 0 Å². The van der Waals surface area contributed by atoms with Crippen LogP contribution in [0.5, 0.6) is 5.75 Å². The molecule has 4 heteroatoms. The smallest absolute Gasteiger partial charge is 0.125 e. The maximum Gasteiger partial charge on any atom is 0.125 e. The summed E-state index contributed by atoms with van der Waals surface area (Å²) in [5, 5.41) is 19.9. The molecule has 2 aromatic rings. The first-order valence-electron chi connectivity index (χ1n) is 7.56. The van der Waals surface area contributed by atoms with Crippen LogP contribution in [0.3, 0.4) is 0 Å². The molecule has 0 amide bonds. The molecule has 0 radical (unpaired) electrons. The predicted octanol–water partition coefficient (Wildman–Crippen LogP) is 2.06. The molecule has 0 saturated heterocycles. The van der Waals surface area contributed by atoms with Gasteiger partial charge in [0.2, 0.25) is 0 Å². The van der Waals surface area contributed by atoms with Gasteiger partial charge in [0, 0.05) is 11.6 Å². The number of hydrogen-bond donors (Lipinski definition) is 3. The molecule has 0 aromatic heterocycles. The van der Waals surface area contributed by atoms with Gasteiger partial charge >= 0.3 is 0 Å². The van der Waals surface area contributed by atoms with Gasteiger partial charge in [0.25, 0.3) is 0 Å². The van der Waals surface area contributed by atoms with Crippen molar-refractivity contribution in [3.63, 3.8) is 0 Å². The minimum atomic E-state index is -0.669. The number of nitrogens with two attached hydrogens (primary N) is 1. The number of ether oxygens (including phenoxy) is 1. The summed E-state index contributed by atoms with van der Waals surface area (Å²) in [4.78, 5) is 0. The van der Waals surface area contributed by atoms with Gasteiger partial charge < -0.3 is 20.7 Å². The third-order valence-corrected chi connectivity index (χ3v) is 4.27. The van der Waals surface area contributed by atoms with Crippen LogP contribution in [-0.2, 0) is 19.6 Å². The van der Waals surface area contributed by atoms with E-state index in [-0.39, 0.29) is 12.6 Å². The molecule has 2 atom stereocenters. The van der Waals surface area contributed by atoms with Crippen molar-refractivity contribution in [3.05, 3.63) is 64.7 Å². The summed E-state index contributed by atoms with van der Waals surface area (Å²) in [7, 11) is 0. The lowest BCUT2D eigenvalue weighted by Crippen LogP contribution is -2.33. The maximum absolute atomic E-state index is 10.2. The average Bonchev–Trinajstić information content (AvgIpc) is 2.56. The minimum Gasteiger partial charge on any atom is -0.489 e. The van der Waals surface area contributed by atoms with Crippen molar-refractivity contribution in [1.29, 1.82) is 0 Å². The van der Waals surface area contributed by atoms with Gasteiger partial charge in [0.05, 0.1) is 12.7 Å². The van der Waals surface area contributed by atoms with E-state index in [9.17, 15) is 10.2 Å². The molecule has 3 rings (SSSR count). The van der Waals surface area contributed by atoms with Crippen molar-refractivity contribution in [2.24, 2.45) is 5.73 Å². The van der Waals surface area contributed by atoms with Crippen LogP contribution in [-0.4, -0.2) is 16.3 Å². The zero-order chi connectivity index (χ0) is 15.5. The van der Waals surface area contributed by atoms with Gasteiger partial charge in [-0.2, -0.15) is 0 Å². The molecule has 0 fully saturated rings. The molecule has 22 heavy (non-hydrogen) atoms. The Bertz CT molecular complexity index is 642. The van der Waals surface area contributed by atoms with E-state index < -0.39 is 6.10 Å². The Morgan fingerprint density at radius 1 is 1.14 bits per heavy atom. The van der Waals surface area contributed by atoms with Crippen molar-refractivity contribution < 1.29 is 14.9 Å². The molecular weight excluding hydrogens is 278 g/mol. The second-order valence-corrected chi connectivity index (χ2v) is 5.69. The van der Waals surface area contributed by atoms with Gasteiger partial charge in [-0.3, -0.25) is 0 Å². The third kappa shape index (κ3) is 2.86. The standard InChI is InChI=1S/C18H21NO3/c19-16-8-6-13-14(18(16)21)7-9-17(15(13)10-20)22-11-12-4-2-1-3-5-12/h1-5,7,9,16,18,20-21H,6,8,10-11,19H2/t16-,18-/m1/s1. The number of hydrogen-bond acceptors (Lipinski definition) is 4. The van der Waals surface area contributed by atoms with E-state index in [0.29, 0.717) is 18.8 Å². The van der Waals surface area contributed by atoms with E-state index in [1.165, 1.54) is 0 Å². The Kier molecular flexibility index (Phi) is 4.43. The quantitative estimate of drug-likeness (QED) is 0.808. The van der Waals surface area contributed by atoms with Crippen molar-refractivity contribution >= 4 is 0 Å². The lowest BCUT2D eigenvalue weighted by molar-refractivity contribution is 0.132. The third-order valence-electron chi connectivity index (χ3n) is 4.27. The molecule has 116 valence electrons. The van der Waals surface area contributed by atoms with E-state index in [0.717, 1.165) is 28.7 Å². The first-order valence-corrected chi connectivity index (χ1v) is 7.56. The predicted molar refractivity (Wildman–Crippen MR) is 84.4 cm³/mol. The number of rotatable bonds is 4. The Labute approximate surface area is 130 Å². The fourth-order valence-electron chi connectivity index (χ4n) is 3.01. The fourth-order valence-corrected chi connectivity index (χ4v) is 3.01. The number of fused-ring (bicyclic) bond motifs is 1. The summed E-state index contributed by atoms with van der Waals surface area (Å²) in [6.07, 6.45) is 0.798. The molecule has 0 spiro atoms. The summed E-state index contributed by atoms with van der Waals surface area (Å²) in [6, 6.07) is 13.3. The normalized spacial score (nSPS) is 20.5. The van der Waals surface area contributed by atoms with Gasteiger partial charge in [0.15, 0.2) is 0 Å². The first-order chi connectivity index (χ1) is 10.7. The number of aliphatic hydroxyl groups excluding tert-OH is 2. The zero-order valence-electron chi connectivity index (χ0n) is 12.4. The molecule has 0 saturated carbocycles. The van der Waals surface area contributed by atoms with E-state index in [4.69, 9.17) is 10.5 Å². The molecule has 1 aliphatic rings. The first kappa shape index (κ1) is 15.0. The largest absolute Gasteiger partial charge is 0.489 e. The van der Waals surface area contributed by atoms with Crippen molar-refractivity contribution in [3.8, 4) is 5.75 Å². The molecular formula is C18H21NO3. The second kappa shape index (κ2) is 6.48. The van der Waals surface area contributed by atoms with Gasteiger partial charge in [-0.05, 0) is 35.6 Å². The van der Waals surface area contributed by atoms with Crippen molar-refractivity contribution in [2.75, 3.05) is 0 Å². The van der Waals surface area contributed by atoms with Crippen LogP contribution in [0.15, 0.2) is 42.5 Å². The topological polar surface area (TPSA) is 75.7 Å². The lowest BCUT2D eigenvalue weighted by Gasteiger charge is -2.29. The molecule has 2 aromatic carbocycles. The highest BCUT2D eigenvalue weighted by Gasteiger charge is 2.28. The van der Waals surface area contributed by atoms with Gasteiger partial charge in [-0.15, -0.1) is 0 Å². The second-order valence-electron chi connectivity index (χ2n) is 5.69. The molecule has 1 aliphatic carbocycles. The molecule has 4 nitrogen and oxygen atoms in total. The zero-order valence-corrected chi connectivity index (χ0v) is 12.4. The minimum absolute atomic E-state index is 0.102. The summed E-state index contributed by atoms with van der Waals surface area (Å²) < 4.78 is 5.87. The van der Waals surface area contributed by atoms with Gasteiger partial charge in [0.1, 0.15) is 12.4 Å². The highest BCUT2D eigenvalue weighted by atomic mass is 16.5. The van der Waals surface area contributed by atoms with Crippen LogP contribution in [0.25, 0.3) is 0 Å². The van der Waals surface area contributed by atoms with Crippen LogP contribution in [0.2, 0.25) is 0 Å². The van der Waals surface area contributed by atoms with Crippen LogP contribution in [0.1, 0.15) is 34.8 Å². The van der Waals surface area contributed by atoms with E-state index in [1.807, 2.05) is 42.5 Å². The van der Waals surface area contributed by atoms with E-state index >= 15 is 0 Å². The number of aliphatic hydroxyl groups is 2. The summed E-state index contributed by atoms with van der Waals surface area (Å²) in [5.41, 5.74) is 9.54. The van der Waals surface area contributed by atoms with E-state index in [1.54, 1.807) is 0 Å². The number of benzene rings is 2. The Hall–Kier alpha value is -1.88. The summed E-state index contributed by atoms with van der Waals surface area (Å²) >= 11 is 0. The average molecular weight is 299 g/mol. The van der Waals surface area contributed by atoms with Crippen LogP contribution >= 0.6 is 0 Å². The Morgan fingerprint density at radius 3 is 2.64 bits per heavy atom.